The van der Waals surface area contributed by atoms with Gasteiger partial charge in [0.05, 0.1) is 29.7 Å². The van der Waals surface area contributed by atoms with Gasteiger partial charge in [0, 0.05) is 11.4 Å². The lowest BCUT2D eigenvalue weighted by atomic mass is 10.3. The third-order valence-electron chi connectivity index (χ3n) is 2.52. The smallest absolute Gasteiger partial charge is 0.156 e. The maximum atomic E-state index is 6.01. The third kappa shape index (κ3) is 5.66. The van der Waals surface area contributed by atoms with Crippen LogP contribution in [0.15, 0.2) is 12.1 Å². The number of unbranched alkanes of at least 4 members (excludes halogenated alkanes) is 1. The molecule has 1 aromatic carbocycles. The van der Waals surface area contributed by atoms with Gasteiger partial charge in [-0.3, -0.25) is 0 Å². The molecule has 102 valence electrons. The van der Waals surface area contributed by atoms with Crippen LogP contribution < -0.4 is 10.1 Å². The Bertz CT molecular complexity index is 348. The van der Waals surface area contributed by atoms with Crippen molar-refractivity contribution >= 4 is 34.8 Å². The van der Waals surface area contributed by atoms with Crippen molar-refractivity contribution in [3.63, 3.8) is 0 Å². The largest absolute Gasteiger partial charge is 0.490 e. The molecule has 18 heavy (non-hydrogen) atoms. The summed E-state index contributed by atoms with van der Waals surface area (Å²) in [5.41, 5.74) is 0. The van der Waals surface area contributed by atoms with Gasteiger partial charge in [-0.25, -0.2) is 0 Å². The number of ether oxygens (including phenoxy) is 1. The molecule has 0 aromatic heterocycles. The summed E-state index contributed by atoms with van der Waals surface area (Å²) in [6.07, 6.45) is 3.47. The van der Waals surface area contributed by atoms with E-state index in [2.05, 4.69) is 12.2 Å². The fourth-order valence-electron chi connectivity index (χ4n) is 1.56. The molecule has 0 atom stereocenters. The summed E-state index contributed by atoms with van der Waals surface area (Å²) in [5.74, 6) is 0.524. The van der Waals surface area contributed by atoms with Crippen LogP contribution in [0.1, 0.15) is 26.2 Å². The monoisotopic (exact) mass is 310 g/mol. The fourth-order valence-corrected chi connectivity index (χ4v) is 2.49. The van der Waals surface area contributed by atoms with Crippen LogP contribution in [-0.4, -0.2) is 19.7 Å². The zero-order valence-electron chi connectivity index (χ0n) is 10.5. The fraction of sp³-hybridized carbons (Fsp3) is 0.538. The minimum absolute atomic E-state index is 0.461. The van der Waals surface area contributed by atoms with E-state index in [4.69, 9.17) is 39.5 Å². The number of halogens is 3. The molecule has 1 aromatic rings. The van der Waals surface area contributed by atoms with Crippen LogP contribution in [0.2, 0.25) is 15.1 Å². The molecule has 0 spiro atoms. The van der Waals surface area contributed by atoms with Gasteiger partial charge >= 0.3 is 0 Å². The van der Waals surface area contributed by atoms with Crippen molar-refractivity contribution in [1.29, 1.82) is 0 Å². The number of rotatable bonds is 8. The predicted octanol–water partition coefficient (Wildman–Crippen LogP) is 3.78. The molecule has 0 aliphatic carbocycles. The molecule has 0 aliphatic heterocycles. The summed E-state index contributed by atoms with van der Waals surface area (Å²) in [6, 6.07) is 3.27. The van der Waals surface area contributed by atoms with Crippen molar-refractivity contribution in [2.45, 2.75) is 26.2 Å². The van der Waals surface area contributed by atoms with Gasteiger partial charge in [0.1, 0.15) is 0 Å². The van der Waals surface area contributed by atoms with Crippen molar-refractivity contribution in [2.75, 3.05) is 19.7 Å². The Hall–Kier alpha value is -0.150. The average Bonchev–Trinajstić information content (AvgIpc) is 2.30. The minimum atomic E-state index is 0.461. The van der Waals surface area contributed by atoms with Crippen LogP contribution >= 0.6 is 34.8 Å². The molecule has 0 bridgehead atoms. The molecule has 2 N–H and O–H groups in total. The van der Waals surface area contributed by atoms with E-state index in [1.54, 1.807) is 12.1 Å². The van der Waals surface area contributed by atoms with Gasteiger partial charge in [-0.15, -0.1) is 0 Å². The summed E-state index contributed by atoms with van der Waals surface area (Å²) in [4.78, 5) is 0. The molecule has 2 nitrogen and oxygen atoms in total. The van der Waals surface area contributed by atoms with Crippen molar-refractivity contribution in [3.05, 3.63) is 27.2 Å². The van der Waals surface area contributed by atoms with Gasteiger partial charge in [-0.1, -0.05) is 48.1 Å². The van der Waals surface area contributed by atoms with Crippen LogP contribution in [0.4, 0.5) is 0 Å². The Morgan fingerprint density at radius 2 is 1.67 bits per heavy atom. The third-order valence-corrected chi connectivity index (χ3v) is 3.30. The van der Waals surface area contributed by atoms with Crippen LogP contribution in [0.25, 0.3) is 0 Å². The molecule has 0 saturated carbocycles. The zero-order chi connectivity index (χ0) is 13.4. The lowest BCUT2D eigenvalue weighted by Crippen LogP contribution is -2.84. The van der Waals surface area contributed by atoms with E-state index in [1.807, 2.05) is 0 Å². The Morgan fingerprint density at radius 3 is 2.28 bits per heavy atom. The maximum absolute atomic E-state index is 6.01. The van der Waals surface area contributed by atoms with Crippen molar-refractivity contribution in [1.82, 2.24) is 0 Å². The van der Waals surface area contributed by atoms with E-state index in [0.717, 1.165) is 13.0 Å². The standard InChI is InChI=1S/C13H18Cl3NO/c1-2-3-5-17-6-4-7-18-13-11(15)8-10(14)9-12(13)16/h8-9,17H,2-7H2,1H3/p+1. The van der Waals surface area contributed by atoms with Crippen molar-refractivity contribution < 1.29 is 10.1 Å². The zero-order valence-corrected chi connectivity index (χ0v) is 12.8. The normalized spacial score (nSPS) is 10.7. The Morgan fingerprint density at radius 1 is 1.06 bits per heavy atom. The molecule has 0 unspecified atom stereocenters. The Balaban J connectivity index is 2.27. The highest BCUT2D eigenvalue weighted by Gasteiger charge is 2.08. The van der Waals surface area contributed by atoms with E-state index < -0.39 is 0 Å². The second-order valence-electron chi connectivity index (χ2n) is 4.12. The summed E-state index contributed by atoms with van der Waals surface area (Å²) < 4.78 is 5.59. The lowest BCUT2D eigenvalue weighted by molar-refractivity contribution is -0.655. The summed E-state index contributed by atoms with van der Waals surface area (Å²) in [6.45, 7) is 5.05. The number of benzene rings is 1. The van der Waals surface area contributed by atoms with Gasteiger partial charge in [0.2, 0.25) is 0 Å². The quantitative estimate of drug-likeness (QED) is 0.726. The number of hydrogen-bond donors (Lipinski definition) is 1. The Labute approximate surface area is 124 Å². The summed E-state index contributed by atoms with van der Waals surface area (Å²) in [7, 11) is 0. The van der Waals surface area contributed by atoms with Crippen molar-refractivity contribution in [3.8, 4) is 5.75 Å². The van der Waals surface area contributed by atoms with Crippen LogP contribution in [0, 0.1) is 0 Å². The lowest BCUT2D eigenvalue weighted by Gasteiger charge is -2.09. The van der Waals surface area contributed by atoms with Crippen molar-refractivity contribution in [2.24, 2.45) is 0 Å². The highest BCUT2D eigenvalue weighted by Crippen LogP contribution is 2.35. The number of hydrogen-bond acceptors (Lipinski definition) is 1. The first-order chi connectivity index (χ1) is 8.65. The molecule has 1 rings (SSSR count). The highest BCUT2D eigenvalue weighted by molar-refractivity contribution is 6.40. The molecular formula is C13H19Cl3NO+. The van der Waals surface area contributed by atoms with Crippen LogP contribution in [-0.2, 0) is 0 Å². The van der Waals surface area contributed by atoms with E-state index in [0.29, 0.717) is 27.4 Å². The van der Waals surface area contributed by atoms with Gasteiger partial charge < -0.3 is 10.1 Å². The van der Waals surface area contributed by atoms with E-state index in [9.17, 15) is 0 Å². The van der Waals surface area contributed by atoms with Gasteiger partial charge in [-0.2, -0.15) is 0 Å². The molecule has 5 heteroatoms. The molecule has 0 heterocycles. The first kappa shape index (κ1) is 15.9. The maximum Gasteiger partial charge on any atom is 0.156 e. The van der Waals surface area contributed by atoms with Crippen LogP contribution in [0.5, 0.6) is 5.75 Å². The first-order valence-electron chi connectivity index (χ1n) is 6.24. The number of nitrogens with two attached hydrogens (primary N) is 1. The topological polar surface area (TPSA) is 25.8 Å². The average molecular weight is 312 g/mol. The first-order valence-corrected chi connectivity index (χ1v) is 7.37. The van der Waals surface area contributed by atoms with E-state index in [1.165, 1.54) is 19.4 Å². The second kappa shape index (κ2) is 8.87. The molecule has 0 saturated heterocycles. The molecule has 0 fully saturated rings. The highest BCUT2D eigenvalue weighted by atomic mass is 35.5. The van der Waals surface area contributed by atoms with Gasteiger partial charge in [-0.05, 0) is 18.6 Å². The Kier molecular flexibility index (Phi) is 7.84. The minimum Gasteiger partial charge on any atom is -0.490 e. The molecule has 0 aliphatic rings. The van der Waals surface area contributed by atoms with E-state index >= 15 is 0 Å². The molecule has 0 amide bonds. The number of quaternary nitrogens is 1. The van der Waals surface area contributed by atoms with Gasteiger partial charge in [0.25, 0.3) is 0 Å². The van der Waals surface area contributed by atoms with Crippen LogP contribution in [0.3, 0.4) is 0 Å². The summed E-state index contributed by atoms with van der Waals surface area (Å²) in [5, 5.41) is 3.74. The summed E-state index contributed by atoms with van der Waals surface area (Å²) >= 11 is 17.9. The predicted molar refractivity (Wildman–Crippen MR) is 78.2 cm³/mol. The van der Waals surface area contributed by atoms with Gasteiger partial charge in [0.15, 0.2) is 5.75 Å². The SMILES string of the molecule is CCCC[NH2+]CCCOc1c(Cl)cc(Cl)cc1Cl. The van der Waals surface area contributed by atoms with E-state index in [-0.39, 0.29) is 0 Å². The second-order valence-corrected chi connectivity index (χ2v) is 5.37. The molecular weight excluding hydrogens is 293 g/mol. The molecule has 0 radical (unpaired) electrons.